The largest absolute Gasteiger partial charge is 0.387 e. The van der Waals surface area contributed by atoms with E-state index in [2.05, 4.69) is 24.3 Å². The van der Waals surface area contributed by atoms with Gasteiger partial charge in [-0.25, -0.2) is 0 Å². The number of nitrogens with zero attached hydrogens (tertiary/aromatic N) is 2. The van der Waals surface area contributed by atoms with Crippen LogP contribution in [0.5, 0.6) is 0 Å². The highest BCUT2D eigenvalue weighted by atomic mass is 35.5. The topological polar surface area (TPSA) is 50.1 Å². The normalized spacial score (nSPS) is 15.8. The van der Waals surface area contributed by atoms with Crippen molar-refractivity contribution in [1.82, 2.24) is 15.1 Å². The monoisotopic (exact) mass is 293 g/mol. The van der Waals surface area contributed by atoms with Crippen LogP contribution in [0.15, 0.2) is 42.7 Å². The van der Waals surface area contributed by atoms with E-state index in [1.165, 1.54) is 0 Å². The van der Waals surface area contributed by atoms with Gasteiger partial charge in [-0.05, 0) is 26.0 Å². The molecule has 0 saturated carbocycles. The molecule has 0 radical (unpaired) electrons. The Morgan fingerprint density at radius 3 is 2.70 bits per heavy atom. The smallest absolute Gasteiger partial charge is 0.0928 e. The lowest BCUT2D eigenvalue weighted by Gasteiger charge is -2.23. The van der Waals surface area contributed by atoms with E-state index in [1.54, 1.807) is 12.3 Å². The Morgan fingerprint density at radius 1 is 1.30 bits per heavy atom. The van der Waals surface area contributed by atoms with Crippen LogP contribution in [-0.2, 0) is 0 Å². The summed E-state index contributed by atoms with van der Waals surface area (Å²) in [4.78, 5) is 0. The number of aliphatic hydroxyl groups is 1. The van der Waals surface area contributed by atoms with Crippen molar-refractivity contribution in [3.8, 4) is 0 Å². The molecular formula is C15H20ClN3O. The van der Waals surface area contributed by atoms with Crippen molar-refractivity contribution in [3.63, 3.8) is 0 Å². The molecule has 3 atom stereocenters. The Labute approximate surface area is 124 Å². The molecule has 5 heteroatoms. The average molecular weight is 294 g/mol. The van der Waals surface area contributed by atoms with Gasteiger partial charge in [0.25, 0.3) is 0 Å². The van der Waals surface area contributed by atoms with Gasteiger partial charge in [-0.3, -0.25) is 4.68 Å². The quantitative estimate of drug-likeness (QED) is 0.861. The van der Waals surface area contributed by atoms with Crippen molar-refractivity contribution in [2.45, 2.75) is 32.0 Å². The number of benzene rings is 1. The minimum atomic E-state index is -0.615. The van der Waals surface area contributed by atoms with E-state index in [-0.39, 0.29) is 12.1 Å². The van der Waals surface area contributed by atoms with Gasteiger partial charge >= 0.3 is 0 Å². The van der Waals surface area contributed by atoms with Crippen LogP contribution >= 0.6 is 11.6 Å². The van der Waals surface area contributed by atoms with Crippen molar-refractivity contribution in [1.29, 1.82) is 0 Å². The number of hydrogen-bond donors (Lipinski definition) is 2. The number of aromatic nitrogens is 2. The number of aliphatic hydroxyl groups excluding tert-OH is 1. The Bertz CT molecular complexity index is 530. The molecule has 2 aromatic rings. The summed E-state index contributed by atoms with van der Waals surface area (Å²) in [5, 5.41) is 18.3. The van der Waals surface area contributed by atoms with E-state index in [0.717, 1.165) is 5.56 Å². The zero-order valence-corrected chi connectivity index (χ0v) is 12.5. The maximum Gasteiger partial charge on any atom is 0.0928 e. The molecule has 0 aliphatic heterocycles. The summed E-state index contributed by atoms with van der Waals surface area (Å²) in [6.07, 6.45) is 3.09. The van der Waals surface area contributed by atoms with Crippen LogP contribution in [0.4, 0.5) is 0 Å². The van der Waals surface area contributed by atoms with Gasteiger partial charge in [-0.1, -0.05) is 29.8 Å². The molecule has 0 aliphatic carbocycles. The van der Waals surface area contributed by atoms with Crippen molar-refractivity contribution >= 4 is 11.6 Å². The SMILES string of the molecule is C[C@H](NC[C@@H](O)c1ccccc1Cl)[C@H](C)n1cccn1. The Kier molecular flexibility index (Phi) is 5.17. The van der Waals surface area contributed by atoms with Crippen molar-refractivity contribution in [2.24, 2.45) is 0 Å². The van der Waals surface area contributed by atoms with Crippen LogP contribution in [0.25, 0.3) is 0 Å². The third-order valence-electron chi connectivity index (χ3n) is 3.56. The second-order valence-electron chi connectivity index (χ2n) is 4.96. The maximum atomic E-state index is 10.2. The zero-order chi connectivity index (χ0) is 14.5. The molecule has 0 fully saturated rings. The summed E-state index contributed by atoms with van der Waals surface area (Å²) < 4.78 is 1.90. The number of hydrogen-bond acceptors (Lipinski definition) is 3. The van der Waals surface area contributed by atoms with E-state index >= 15 is 0 Å². The minimum Gasteiger partial charge on any atom is -0.387 e. The van der Waals surface area contributed by atoms with Crippen molar-refractivity contribution in [2.75, 3.05) is 6.54 Å². The first kappa shape index (κ1) is 15.0. The summed E-state index contributed by atoms with van der Waals surface area (Å²) in [6, 6.07) is 9.67. The second kappa shape index (κ2) is 6.88. The fourth-order valence-electron chi connectivity index (χ4n) is 2.07. The van der Waals surface area contributed by atoms with Gasteiger partial charge in [0, 0.05) is 35.6 Å². The lowest BCUT2D eigenvalue weighted by atomic mass is 10.1. The molecule has 2 rings (SSSR count). The molecule has 0 amide bonds. The van der Waals surface area contributed by atoms with E-state index in [9.17, 15) is 5.11 Å². The summed E-state index contributed by atoms with van der Waals surface area (Å²) in [6.45, 7) is 4.62. The molecule has 0 saturated heterocycles. The van der Waals surface area contributed by atoms with Crippen LogP contribution in [-0.4, -0.2) is 27.5 Å². The molecule has 108 valence electrons. The van der Waals surface area contributed by atoms with Crippen LogP contribution in [0.2, 0.25) is 5.02 Å². The summed E-state index contributed by atoms with van der Waals surface area (Å²) in [5.74, 6) is 0. The maximum absolute atomic E-state index is 10.2. The molecule has 0 spiro atoms. The molecule has 1 heterocycles. The molecule has 0 aliphatic rings. The van der Waals surface area contributed by atoms with Gasteiger partial charge in [-0.15, -0.1) is 0 Å². The third kappa shape index (κ3) is 3.60. The zero-order valence-electron chi connectivity index (χ0n) is 11.7. The van der Waals surface area contributed by atoms with E-state index in [4.69, 9.17) is 11.6 Å². The van der Waals surface area contributed by atoms with Gasteiger partial charge in [0.05, 0.1) is 12.1 Å². The molecule has 0 unspecified atom stereocenters. The number of rotatable bonds is 6. The third-order valence-corrected chi connectivity index (χ3v) is 3.91. The summed E-state index contributed by atoms with van der Waals surface area (Å²) >= 11 is 6.08. The number of halogens is 1. The average Bonchev–Trinajstić information content (AvgIpc) is 2.98. The van der Waals surface area contributed by atoms with Crippen LogP contribution < -0.4 is 5.32 Å². The van der Waals surface area contributed by atoms with Gasteiger partial charge in [0.15, 0.2) is 0 Å². The first-order valence-corrected chi connectivity index (χ1v) is 7.12. The molecular weight excluding hydrogens is 274 g/mol. The highest BCUT2D eigenvalue weighted by Gasteiger charge is 2.16. The predicted molar refractivity (Wildman–Crippen MR) is 80.8 cm³/mol. The molecule has 20 heavy (non-hydrogen) atoms. The minimum absolute atomic E-state index is 0.187. The van der Waals surface area contributed by atoms with Crippen LogP contribution in [0.3, 0.4) is 0 Å². The standard InChI is InChI=1S/C15H20ClN3O/c1-11(12(2)19-9-5-8-18-19)17-10-15(20)13-6-3-4-7-14(13)16/h3-9,11-12,15,17,20H,10H2,1-2H3/t11-,12-,15+/m0/s1. The lowest BCUT2D eigenvalue weighted by Crippen LogP contribution is -2.36. The van der Waals surface area contributed by atoms with Crippen LogP contribution in [0.1, 0.15) is 31.6 Å². The van der Waals surface area contributed by atoms with E-state index in [0.29, 0.717) is 11.6 Å². The van der Waals surface area contributed by atoms with Gasteiger partial charge in [0.1, 0.15) is 0 Å². The summed E-state index contributed by atoms with van der Waals surface area (Å²) in [5.41, 5.74) is 0.751. The Morgan fingerprint density at radius 2 is 2.05 bits per heavy atom. The fourth-order valence-corrected chi connectivity index (χ4v) is 2.34. The highest BCUT2D eigenvalue weighted by Crippen LogP contribution is 2.22. The van der Waals surface area contributed by atoms with Crippen molar-refractivity contribution < 1.29 is 5.11 Å². The highest BCUT2D eigenvalue weighted by molar-refractivity contribution is 6.31. The van der Waals surface area contributed by atoms with Crippen molar-refractivity contribution in [3.05, 3.63) is 53.3 Å². The van der Waals surface area contributed by atoms with Gasteiger partial charge < -0.3 is 10.4 Å². The van der Waals surface area contributed by atoms with E-state index in [1.807, 2.05) is 35.1 Å². The number of nitrogens with one attached hydrogen (secondary N) is 1. The first-order valence-electron chi connectivity index (χ1n) is 6.74. The molecule has 1 aromatic heterocycles. The fraction of sp³-hybridized carbons (Fsp3) is 0.400. The van der Waals surface area contributed by atoms with Gasteiger partial charge in [0.2, 0.25) is 0 Å². The summed E-state index contributed by atoms with van der Waals surface area (Å²) in [7, 11) is 0. The lowest BCUT2D eigenvalue weighted by molar-refractivity contribution is 0.166. The molecule has 4 nitrogen and oxygen atoms in total. The first-order chi connectivity index (χ1) is 9.59. The predicted octanol–water partition coefficient (Wildman–Crippen LogP) is 2.81. The molecule has 0 bridgehead atoms. The van der Waals surface area contributed by atoms with E-state index < -0.39 is 6.10 Å². The van der Waals surface area contributed by atoms with Crippen LogP contribution in [0, 0.1) is 0 Å². The molecule has 1 aromatic carbocycles. The second-order valence-corrected chi connectivity index (χ2v) is 5.37. The molecule has 2 N–H and O–H groups in total. The Hall–Kier alpha value is -1.36. The Balaban J connectivity index is 1.90. The van der Waals surface area contributed by atoms with Gasteiger partial charge in [-0.2, -0.15) is 5.10 Å².